The van der Waals surface area contributed by atoms with Crippen LogP contribution in [0.15, 0.2) is 55.1 Å². The summed E-state index contributed by atoms with van der Waals surface area (Å²) >= 11 is 0. The number of fused-ring (bicyclic) bond motifs is 1. The summed E-state index contributed by atoms with van der Waals surface area (Å²) in [6.07, 6.45) is 5.21. The van der Waals surface area contributed by atoms with Gasteiger partial charge in [0.1, 0.15) is 12.1 Å². The number of rotatable bonds is 7. The fraction of sp³-hybridized carbons (Fsp3) is 0.321. The topological polar surface area (TPSA) is 105 Å². The third-order valence-electron chi connectivity index (χ3n) is 6.71. The van der Waals surface area contributed by atoms with Gasteiger partial charge in [-0.25, -0.2) is 9.97 Å². The monoisotopic (exact) mass is 497 g/mol. The maximum absolute atomic E-state index is 13.0. The van der Waals surface area contributed by atoms with E-state index in [1.54, 1.807) is 13.4 Å². The molecule has 0 spiro atoms. The lowest BCUT2D eigenvalue weighted by atomic mass is 9.95. The number of aryl methyl sites for hydroxylation is 1. The van der Waals surface area contributed by atoms with Gasteiger partial charge in [0.05, 0.1) is 41.9 Å². The standard InChI is InChI=1S/C28H31N7O2/c1-18(14-31-25-13-23(33-17-34-25)20-8-7-19(2)30-15-20)21-5-4-6-22-26(28(36)29-3)24(16-32-27(21)22)35-9-11-37-12-10-35/h4-8,13,15-18H,9-12,14H2,1-3H3,(H,29,36)(H,31,33,34)/t18-/m1/s1. The predicted molar refractivity (Wildman–Crippen MR) is 145 cm³/mol. The van der Waals surface area contributed by atoms with Crippen LogP contribution in [0.5, 0.6) is 0 Å². The molecule has 1 fully saturated rings. The molecular formula is C28H31N7O2. The Hall–Kier alpha value is -4.11. The SMILES string of the molecule is CNC(=O)c1c(N2CCOCC2)cnc2c([C@H](C)CNc3cc(-c4ccc(C)nc4)ncn3)cccc12. The van der Waals surface area contributed by atoms with Gasteiger partial charge in [-0.3, -0.25) is 14.8 Å². The van der Waals surface area contributed by atoms with Crippen LogP contribution in [0, 0.1) is 6.92 Å². The van der Waals surface area contributed by atoms with Crippen molar-refractivity contribution in [3.8, 4) is 11.3 Å². The van der Waals surface area contributed by atoms with E-state index < -0.39 is 0 Å². The Morgan fingerprint density at radius 1 is 1.08 bits per heavy atom. The molecule has 1 atom stereocenters. The summed E-state index contributed by atoms with van der Waals surface area (Å²) in [6.45, 7) is 7.49. The Labute approximate surface area is 216 Å². The number of ether oxygens (including phenoxy) is 1. The molecule has 1 aliphatic heterocycles. The number of hydrogen-bond acceptors (Lipinski definition) is 8. The number of anilines is 2. The molecule has 5 rings (SSSR count). The molecule has 1 aliphatic rings. The first kappa shape index (κ1) is 24.6. The van der Waals surface area contributed by atoms with Gasteiger partial charge in [-0.15, -0.1) is 0 Å². The highest BCUT2D eigenvalue weighted by Gasteiger charge is 2.23. The van der Waals surface area contributed by atoms with Crippen LogP contribution in [0.25, 0.3) is 22.2 Å². The molecule has 0 unspecified atom stereocenters. The molecule has 3 aromatic heterocycles. The average Bonchev–Trinajstić information content (AvgIpc) is 2.95. The highest BCUT2D eigenvalue weighted by molar-refractivity contribution is 6.11. The molecule has 4 aromatic rings. The van der Waals surface area contributed by atoms with Crippen LogP contribution in [-0.4, -0.2) is 65.7 Å². The maximum atomic E-state index is 13.0. The minimum absolute atomic E-state index is 0.113. The van der Waals surface area contributed by atoms with Crippen molar-refractivity contribution >= 4 is 28.3 Å². The van der Waals surface area contributed by atoms with Gasteiger partial charge in [0.2, 0.25) is 0 Å². The van der Waals surface area contributed by atoms with E-state index in [0.717, 1.165) is 58.0 Å². The van der Waals surface area contributed by atoms with Gasteiger partial charge in [-0.1, -0.05) is 25.1 Å². The summed E-state index contributed by atoms with van der Waals surface area (Å²) in [6, 6.07) is 12.0. The molecule has 1 aromatic carbocycles. The number of pyridine rings is 2. The third kappa shape index (κ3) is 5.22. The number of nitrogens with zero attached hydrogens (tertiary/aromatic N) is 5. The molecule has 0 saturated carbocycles. The van der Waals surface area contributed by atoms with E-state index in [4.69, 9.17) is 9.72 Å². The van der Waals surface area contributed by atoms with E-state index in [0.29, 0.717) is 25.3 Å². The molecule has 190 valence electrons. The van der Waals surface area contributed by atoms with Crippen LogP contribution in [0.1, 0.15) is 34.5 Å². The zero-order chi connectivity index (χ0) is 25.8. The number of para-hydroxylation sites is 1. The average molecular weight is 498 g/mol. The van der Waals surface area contributed by atoms with E-state index in [1.807, 2.05) is 49.6 Å². The Kier molecular flexibility index (Phi) is 7.23. The highest BCUT2D eigenvalue weighted by atomic mass is 16.5. The largest absolute Gasteiger partial charge is 0.378 e. The van der Waals surface area contributed by atoms with Gasteiger partial charge in [0, 0.05) is 61.5 Å². The first-order valence-corrected chi connectivity index (χ1v) is 12.5. The Morgan fingerprint density at radius 3 is 2.68 bits per heavy atom. The molecule has 4 heterocycles. The number of nitrogens with one attached hydrogen (secondary N) is 2. The second kappa shape index (κ2) is 10.9. The van der Waals surface area contributed by atoms with Crippen molar-refractivity contribution in [3.05, 3.63) is 71.9 Å². The quantitative estimate of drug-likeness (QED) is 0.397. The second-order valence-corrected chi connectivity index (χ2v) is 9.20. The first-order valence-electron chi connectivity index (χ1n) is 12.5. The number of carbonyl (C=O) groups is 1. The molecule has 1 amide bonds. The highest BCUT2D eigenvalue weighted by Crippen LogP contribution is 2.32. The fourth-order valence-electron chi connectivity index (χ4n) is 4.64. The smallest absolute Gasteiger partial charge is 0.253 e. The molecule has 9 nitrogen and oxygen atoms in total. The zero-order valence-electron chi connectivity index (χ0n) is 21.4. The second-order valence-electron chi connectivity index (χ2n) is 9.20. The Bertz CT molecular complexity index is 1400. The van der Waals surface area contributed by atoms with Crippen molar-refractivity contribution in [2.45, 2.75) is 19.8 Å². The maximum Gasteiger partial charge on any atom is 0.253 e. The minimum atomic E-state index is -0.115. The van der Waals surface area contributed by atoms with Gasteiger partial charge in [0.25, 0.3) is 5.91 Å². The third-order valence-corrected chi connectivity index (χ3v) is 6.71. The van der Waals surface area contributed by atoms with Crippen molar-refractivity contribution in [1.82, 2.24) is 25.3 Å². The van der Waals surface area contributed by atoms with Crippen LogP contribution in [0.4, 0.5) is 11.5 Å². The molecule has 2 N–H and O–H groups in total. The minimum Gasteiger partial charge on any atom is -0.378 e. The number of aromatic nitrogens is 4. The summed E-state index contributed by atoms with van der Waals surface area (Å²) in [5.74, 6) is 0.740. The van der Waals surface area contributed by atoms with Crippen molar-refractivity contribution in [2.24, 2.45) is 0 Å². The fourth-order valence-corrected chi connectivity index (χ4v) is 4.64. The Balaban J connectivity index is 1.41. The molecule has 0 bridgehead atoms. The van der Waals surface area contributed by atoms with E-state index >= 15 is 0 Å². The van der Waals surface area contributed by atoms with Gasteiger partial charge in [-0.05, 0) is 24.6 Å². The van der Waals surface area contributed by atoms with Gasteiger partial charge in [0.15, 0.2) is 0 Å². The van der Waals surface area contributed by atoms with Crippen molar-refractivity contribution in [1.29, 1.82) is 0 Å². The van der Waals surface area contributed by atoms with Gasteiger partial charge >= 0.3 is 0 Å². The summed E-state index contributed by atoms with van der Waals surface area (Å²) in [4.78, 5) is 33.2. The summed E-state index contributed by atoms with van der Waals surface area (Å²) in [5, 5.41) is 7.11. The lowest BCUT2D eigenvalue weighted by molar-refractivity contribution is 0.0963. The lowest BCUT2D eigenvalue weighted by Gasteiger charge is -2.30. The first-order chi connectivity index (χ1) is 18.0. The van der Waals surface area contributed by atoms with Crippen LogP contribution >= 0.6 is 0 Å². The molecule has 37 heavy (non-hydrogen) atoms. The zero-order valence-corrected chi connectivity index (χ0v) is 21.4. The summed E-state index contributed by atoms with van der Waals surface area (Å²) < 4.78 is 5.50. The molecular weight excluding hydrogens is 466 g/mol. The normalized spacial score (nSPS) is 14.4. The lowest BCUT2D eigenvalue weighted by Crippen LogP contribution is -2.38. The van der Waals surface area contributed by atoms with Crippen LogP contribution < -0.4 is 15.5 Å². The number of hydrogen-bond donors (Lipinski definition) is 2. The molecule has 0 radical (unpaired) electrons. The predicted octanol–water partition coefficient (Wildman–Crippen LogP) is 3.81. The van der Waals surface area contributed by atoms with Crippen molar-refractivity contribution < 1.29 is 9.53 Å². The van der Waals surface area contributed by atoms with Gasteiger partial charge in [-0.2, -0.15) is 0 Å². The van der Waals surface area contributed by atoms with Crippen LogP contribution in [0.2, 0.25) is 0 Å². The number of morpholine rings is 1. The van der Waals surface area contributed by atoms with Crippen molar-refractivity contribution in [2.75, 3.05) is 50.1 Å². The molecule has 9 heteroatoms. The van der Waals surface area contributed by atoms with Crippen molar-refractivity contribution in [3.63, 3.8) is 0 Å². The van der Waals surface area contributed by atoms with Crippen LogP contribution in [0.3, 0.4) is 0 Å². The van der Waals surface area contributed by atoms with E-state index in [2.05, 4.69) is 43.5 Å². The summed E-state index contributed by atoms with van der Waals surface area (Å²) in [5.41, 5.74) is 6.13. The summed E-state index contributed by atoms with van der Waals surface area (Å²) in [7, 11) is 1.66. The molecule has 0 aliphatic carbocycles. The van der Waals surface area contributed by atoms with Crippen LogP contribution in [-0.2, 0) is 4.74 Å². The van der Waals surface area contributed by atoms with Gasteiger partial charge < -0.3 is 20.3 Å². The molecule has 1 saturated heterocycles. The van der Waals surface area contributed by atoms with E-state index in [9.17, 15) is 4.79 Å². The Morgan fingerprint density at radius 2 is 1.92 bits per heavy atom. The number of carbonyl (C=O) groups excluding carboxylic acids is 1. The van der Waals surface area contributed by atoms with E-state index in [-0.39, 0.29) is 11.8 Å². The van der Waals surface area contributed by atoms with E-state index in [1.165, 1.54) is 0 Å². The number of amides is 1. The number of benzene rings is 1.